The van der Waals surface area contributed by atoms with Gasteiger partial charge < -0.3 is 21.1 Å². The van der Waals surface area contributed by atoms with Gasteiger partial charge in [0.05, 0.1) is 13.0 Å². The largest absolute Gasteiger partial charge is 0.493 e. The number of hydrogen-bond donors (Lipinski definition) is 2. The van der Waals surface area contributed by atoms with Crippen LogP contribution in [-0.4, -0.2) is 42.5 Å². The van der Waals surface area contributed by atoms with Crippen molar-refractivity contribution in [2.75, 3.05) is 19.7 Å². The fraction of sp³-hybridized carbons (Fsp3) is 0.529. The van der Waals surface area contributed by atoms with Gasteiger partial charge in [-0.2, -0.15) is 0 Å². The maximum atomic E-state index is 12.3. The Bertz CT molecular complexity index is 551. The number of carbonyl (C=O) groups excluding carboxylic acids is 2. The Kier molecular flexibility index (Phi) is 8.01. The lowest BCUT2D eigenvalue weighted by Gasteiger charge is -2.38. The maximum absolute atomic E-state index is 12.3. The summed E-state index contributed by atoms with van der Waals surface area (Å²) >= 11 is 0. The average Bonchev–Trinajstić information content (AvgIpc) is 2.55. The molecule has 1 aromatic rings. The molecule has 6 nitrogen and oxygen atoms in total. The van der Waals surface area contributed by atoms with E-state index in [2.05, 4.69) is 6.92 Å². The van der Waals surface area contributed by atoms with E-state index in [0.29, 0.717) is 36.8 Å². The topological polar surface area (TPSA) is 98.6 Å². The van der Waals surface area contributed by atoms with Crippen LogP contribution in [0.25, 0.3) is 0 Å². The third-order valence-electron chi connectivity index (χ3n) is 4.29. The van der Waals surface area contributed by atoms with Crippen molar-refractivity contribution in [1.82, 2.24) is 4.90 Å². The molecule has 4 N–H and O–H groups in total. The smallest absolute Gasteiger partial charge is 0.248 e. The first-order valence-electron chi connectivity index (χ1n) is 8.03. The molecule has 1 heterocycles. The number of carbonyl (C=O) groups is 2. The van der Waals surface area contributed by atoms with Crippen LogP contribution >= 0.6 is 12.4 Å². The Balaban J connectivity index is 0.00000288. The number of hydrogen-bond acceptors (Lipinski definition) is 4. The first-order chi connectivity index (χ1) is 11.0. The van der Waals surface area contributed by atoms with Gasteiger partial charge in [0, 0.05) is 24.7 Å². The summed E-state index contributed by atoms with van der Waals surface area (Å²) in [5.41, 5.74) is 11.4. The van der Waals surface area contributed by atoms with Gasteiger partial charge in [-0.05, 0) is 43.0 Å². The summed E-state index contributed by atoms with van der Waals surface area (Å²) in [4.78, 5) is 25.2. The molecule has 134 valence electrons. The van der Waals surface area contributed by atoms with E-state index >= 15 is 0 Å². The molecule has 7 heteroatoms. The zero-order valence-electron chi connectivity index (χ0n) is 13.9. The molecule has 24 heavy (non-hydrogen) atoms. The molecule has 2 atom stereocenters. The van der Waals surface area contributed by atoms with Crippen LogP contribution in [-0.2, 0) is 4.79 Å². The molecule has 0 spiro atoms. The minimum Gasteiger partial charge on any atom is -0.493 e. The van der Waals surface area contributed by atoms with Gasteiger partial charge >= 0.3 is 0 Å². The SMILES string of the molecule is CC1CCN(C(=O)CCOc2ccc(C(N)=O)cc2)C(CN)C1.Cl. The van der Waals surface area contributed by atoms with Crippen LogP contribution in [0.15, 0.2) is 24.3 Å². The zero-order chi connectivity index (χ0) is 16.8. The normalized spacial score (nSPS) is 20.2. The van der Waals surface area contributed by atoms with Crippen LogP contribution in [0.3, 0.4) is 0 Å². The Morgan fingerprint density at radius 3 is 2.54 bits per heavy atom. The molecule has 1 aromatic carbocycles. The monoisotopic (exact) mass is 355 g/mol. The van der Waals surface area contributed by atoms with Gasteiger partial charge in [0.1, 0.15) is 5.75 Å². The number of benzene rings is 1. The minimum atomic E-state index is -0.473. The summed E-state index contributed by atoms with van der Waals surface area (Å²) in [6, 6.07) is 6.71. The summed E-state index contributed by atoms with van der Waals surface area (Å²) in [7, 11) is 0. The summed E-state index contributed by atoms with van der Waals surface area (Å²) < 4.78 is 5.56. The molecular formula is C17H26ClN3O3. The van der Waals surface area contributed by atoms with E-state index < -0.39 is 5.91 Å². The highest BCUT2D eigenvalue weighted by Crippen LogP contribution is 2.22. The third kappa shape index (κ3) is 5.39. The van der Waals surface area contributed by atoms with Crippen LogP contribution in [0, 0.1) is 5.92 Å². The number of likely N-dealkylation sites (tertiary alicyclic amines) is 1. The van der Waals surface area contributed by atoms with Crippen LogP contribution in [0.2, 0.25) is 0 Å². The second kappa shape index (κ2) is 9.49. The molecule has 0 aromatic heterocycles. The Morgan fingerprint density at radius 2 is 1.96 bits per heavy atom. The molecule has 0 aliphatic carbocycles. The standard InChI is InChI=1S/C17H25N3O3.ClH/c1-12-6-8-20(14(10-12)11-18)16(21)7-9-23-15-4-2-13(3-5-15)17(19)22;/h2-5,12,14H,6-11,18H2,1H3,(H2,19,22);1H. The molecule has 0 radical (unpaired) electrons. The third-order valence-corrected chi connectivity index (χ3v) is 4.29. The van der Waals surface area contributed by atoms with Gasteiger partial charge in [-0.25, -0.2) is 0 Å². The van der Waals surface area contributed by atoms with E-state index in [1.165, 1.54) is 0 Å². The van der Waals surface area contributed by atoms with Crippen molar-refractivity contribution in [1.29, 1.82) is 0 Å². The van der Waals surface area contributed by atoms with Crippen LogP contribution in [0.5, 0.6) is 5.75 Å². The number of nitrogens with two attached hydrogens (primary N) is 2. The Morgan fingerprint density at radius 1 is 1.29 bits per heavy atom. The predicted octanol–water partition coefficient (Wildman–Crippen LogP) is 1.56. The molecule has 1 aliphatic rings. The molecule has 1 saturated heterocycles. The highest BCUT2D eigenvalue weighted by molar-refractivity contribution is 5.92. The molecule has 1 fully saturated rings. The van der Waals surface area contributed by atoms with Crippen LogP contribution < -0.4 is 16.2 Å². The molecule has 2 amide bonds. The number of amides is 2. The van der Waals surface area contributed by atoms with E-state index in [1.807, 2.05) is 4.90 Å². The van der Waals surface area contributed by atoms with E-state index in [0.717, 1.165) is 19.4 Å². The van der Waals surface area contributed by atoms with E-state index in [9.17, 15) is 9.59 Å². The van der Waals surface area contributed by atoms with Gasteiger partial charge in [0.15, 0.2) is 0 Å². The van der Waals surface area contributed by atoms with Crippen molar-refractivity contribution in [3.63, 3.8) is 0 Å². The molecule has 2 unspecified atom stereocenters. The molecule has 0 saturated carbocycles. The van der Waals surface area contributed by atoms with Crippen molar-refractivity contribution < 1.29 is 14.3 Å². The lowest BCUT2D eigenvalue weighted by atomic mass is 9.92. The van der Waals surface area contributed by atoms with Gasteiger partial charge in [-0.15, -0.1) is 12.4 Å². The maximum Gasteiger partial charge on any atom is 0.248 e. The first kappa shape index (κ1) is 20.3. The molecule has 0 bridgehead atoms. The summed E-state index contributed by atoms with van der Waals surface area (Å²) in [5, 5.41) is 0. The summed E-state index contributed by atoms with van der Waals surface area (Å²) in [6.45, 7) is 3.78. The van der Waals surface area contributed by atoms with Gasteiger partial charge in [0.2, 0.25) is 11.8 Å². The highest BCUT2D eigenvalue weighted by atomic mass is 35.5. The fourth-order valence-electron chi connectivity index (χ4n) is 2.92. The van der Waals surface area contributed by atoms with Crippen molar-refractivity contribution in [3.05, 3.63) is 29.8 Å². The molecule has 2 rings (SSSR count). The second-order valence-electron chi connectivity index (χ2n) is 6.09. The highest BCUT2D eigenvalue weighted by Gasteiger charge is 2.28. The van der Waals surface area contributed by atoms with Gasteiger partial charge in [-0.1, -0.05) is 6.92 Å². The number of primary amides is 1. The van der Waals surface area contributed by atoms with Crippen molar-refractivity contribution in [3.8, 4) is 5.75 Å². The van der Waals surface area contributed by atoms with Gasteiger partial charge in [0.25, 0.3) is 0 Å². The van der Waals surface area contributed by atoms with E-state index in [-0.39, 0.29) is 24.4 Å². The predicted molar refractivity (Wildman–Crippen MR) is 95.3 cm³/mol. The van der Waals surface area contributed by atoms with Crippen LogP contribution in [0.1, 0.15) is 36.5 Å². The molecule has 1 aliphatic heterocycles. The number of nitrogens with zero attached hydrogens (tertiary/aromatic N) is 1. The number of ether oxygens (including phenoxy) is 1. The second-order valence-corrected chi connectivity index (χ2v) is 6.09. The number of piperidine rings is 1. The minimum absolute atomic E-state index is 0. The Labute approximate surface area is 148 Å². The van der Waals surface area contributed by atoms with Crippen LogP contribution in [0.4, 0.5) is 0 Å². The number of rotatable bonds is 6. The quantitative estimate of drug-likeness (QED) is 0.808. The van der Waals surface area contributed by atoms with Crippen molar-refractivity contribution in [2.24, 2.45) is 17.4 Å². The van der Waals surface area contributed by atoms with Crippen molar-refractivity contribution in [2.45, 2.75) is 32.2 Å². The van der Waals surface area contributed by atoms with E-state index in [4.69, 9.17) is 16.2 Å². The summed E-state index contributed by atoms with van der Waals surface area (Å²) in [5.74, 6) is 0.845. The van der Waals surface area contributed by atoms with Crippen molar-refractivity contribution >= 4 is 24.2 Å². The average molecular weight is 356 g/mol. The lowest BCUT2D eigenvalue weighted by Crippen LogP contribution is -2.49. The first-order valence-corrected chi connectivity index (χ1v) is 8.03. The Hall–Kier alpha value is -1.79. The van der Waals surface area contributed by atoms with Gasteiger partial charge in [-0.3, -0.25) is 9.59 Å². The fourth-order valence-corrected chi connectivity index (χ4v) is 2.92. The molecular weight excluding hydrogens is 330 g/mol. The lowest BCUT2D eigenvalue weighted by molar-refractivity contribution is -0.135. The summed E-state index contributed by atoms with van der Waals surface area (Å²) in [6.07, 6.45) is 2.32. The number of halogens is 1. The zero-order valence-corrected chi connectivity index (χ0v) is 14.8. The van der Waals surface area contributed by atoms with E-state index in [1.54, 1.807) is 24.3 Å².